The van der Waals surface area contributed by atoms with Crippen LogP contribution in [0.25, 0.3) is 0 Å². The normalized spacial score (nSPS) is 13.5. The highest BCUT2D eigenvalue weighted by Crippen LogP contribution is 2.31. The molecule has 0 aliphatic carbocycles. The number of carboxylic acids is 3. The SMILES string of the molecule is CN(C)CCN(C)C(CC(=O)O)C(CC(=O)O)(CC(=O)O)N(C)C. The van der Waals surface area contributed by atoms with Crippen LogP contribution < -0.4 is 0 Å². The average molecular weight is 347 g/mol. The molecular weight excluding hydrogens is 318 g/mol. The molecule has 24 heavy (non-hydrogen) atoms. The first-order valence-electron chi connectivity index (χ1n) is 7.60. The van der Waals surface area contributed by atoms with Gasteiger partial charge in [0, 0.05) is 19.1 Å². The van der Waals surface area contributed by atoms with Gasteiger partial charge in [-0.25, -0.2) is 0 Å². The molecule has 0 amide bonds. The molecule has 9 nitrogen and oxygen atoms in total. The molecular formula is C15H29N3O6. The van der Waals surface area contributed by atoms with E-state index in [1.165, 1.54) is 4.90 Å². The van der Waals surface area contributed by atoms with Crippen LogP contribution in [0.3, 0.4) is 0 Å². The van der Waals surface area contributed by atoms with E-state index >= 15 is 0 Å². The van der Waals surface area contributed by atoms with Gasteiger partial charge in [0.1, 0.15) is 0 Å². The Labute approximate surface area is 142 Å². The van der Waals surface area contributed by atoms with Crippen LogP contribution in [0.4, 0.5) is 0 Å². The lowest BCUT2D eigenvalue weighted by molar-refractivity contribution is -0.151. The quantitative estimate of drug-likeness (QED) is 0.432. The zero-order valence-corrected chi connectivity index (χ0v) is 15.0. The van der Waals surface area contributed by atoms with Crippen LogP contribution in [-0.2, 0) is 14.4 Å². The minimum Gasteiger partial charge on any atom is -0.481 e. The molecule has 1 unspecified atom stereocenters. The predicted octanol–water partition coefficient (Wildman–Crippen LogP) is -0.427. The summed E-state index contributed by atoms with van der Waals surface area (Å²) in [7, 11) is 8.60. The van der Waals surface area contributed by atoms with Gasteiger partial charge in [0.25, 0.3) is 0 Å². The molecule has 0 bridgehead atoms. The Kier molecular flexibility index (Phi) is 8.87. The average Bonchev–Trinajstić information content (AvgIpc) is 2.39. The second-order valence-electron chi connectivity index (χ2n) is 6.54. The molecule has 0 aliphatic heterocycles. The van der Waals surface area contributed by atoms with Gasteiger partial charge in [0.05, 0.1) is 24.8 Å². The van der Waals surface area contributed by atoms with Gasteiger partial charge >= 0.3 is 17.9 Å². The fraction of sp³-hybridized carbons (Fsp3) is 0.800. The van der Waals surface area contributed by atoms with Crippen molar-refractivity contribution < 1.29 is 29.7 Å². The summed E-state index contributed by atoms with van der Waals surface area (Å²) < 4.78 is 0. The standard InChI is InChI=1S/C15H29N3O6/c1-16(2)6-7-18(5)11(8-12(19)20)15(17(3)4,9-13(21)22)10-14(23)24/h11H,6-10H2,1-5H3,(H,19,20)(H,21,22)(H,23,24). The van der Waals surface area contributed by atoms with Crippen LogP contribution in [0.5, 0.6) is 0 Å². The molecule has 0 aliphatic rings. The van der Waals surface area contributed by atoms with E-state index in [0.717, 1.165) is 0 Å². The number of rotatable bonds is 12. The second-order valence-corrected chi connectivity index (χ2v) is 6.54. The highest BCUT2D eigenvalue weighted by Gasteiger charge is 2.47. The zero-order chi connectivity index (χ0) is 19.1. The van der Waals surface area contributed by atoms with E-state index < -0.39 is 42.3 Å². The molecule has 0 aromatic carbocycles. The second kappa shape index (κ2) is 9.55. The summed E-state index contributed by atoms with van der Waals surface area (Å²) in [4.78, 5) is 39.3. The number of likely N-dealkylation sites (N-methyl/N-ethyl adjacent to an activating group) is 3. The van der Waals surface area contributed by atoms with Crippen molar-refractivity contribution in [2.24, 2.45) is 0 Å². The van der Waals surface area contributed by atoms with E-state index in [4.69, 9.17) is 0 Å². The lowest BCUT2D eigenvalue weighted by Crippen LogP contribution is -2.62. The van der Waals surface area contributed by atoms with Crippen molar-refractivity contribution in [1.82, 2.24) is 14.7 Å². The summed E-state index contributed by atoms with van der Waals surface area (Å²) in [5.41, 5.74) is -1.34. The maximum atomic E-state index is 11.4. The van der Waals surface area contributed by atoms with E-state index in [0.29, 0.717) is 13.1 Å². The summed E-state index contributed by atoms with van der Waals surface area (Å²) in [6, 6.07) is -0.767. The first-order chi connectivity index (χ1) is 10.9. The van der Waals surface area contributed by atoms with Crippen LogP contribution >= 0.6 is 0 Å². The fourth-order valence-electron chi connectivity index (χ4n) is 2.87. The highest BCUT2D eigenvalue weighted by atomic mass is 16.4. The monoisotopic (exact) mass is 347 g/mol. The Morgan fingerprint density at radius 2 is 1.29 bits per heavy atom. The van der Waals surface area contributed by atoms with E-state index in [1.54, 1.807) is 26.0 Å². The largest absolute Gasteiger partial charge is 0.481 e. The summed E-state index contributed by atoms with van der Waals surface area (Å²) >= 11 is 0. The first kappa shape index (κ1) is 22.3. The van der Waals surface area contributed by atoms with Gasteiger partial charge in [0.15, 0.2) is 0 Å². The summed E-state index contributed by atoms with van der Waals surface area (Å²) in [6.45, 7) is 1.12. The van der Waals surface area contributed by atoms with Gasteiger partial charge in [-0.1, -0.05) is 0 Å². The molecule has 0 saturated carbocycles. The topological polar surface area (TPSA) is 122 Å². The van der Waals surface area contributed by atoms with E-state index in [1.807, 2.05) is 19.0 Å². The molecule has 0 spiro atoms. The summed E-state index contributed by atoms with van der Waals surface area (Å²) in [5.74, 6) is -3.43. The molecule has 0 aromatic rings. The van der Waals surface area contributed by atoms with Crippen LogP contribution in [0.15, 0.2) is 0 Å². The van der Waals surface area contributed by atoms with Crippen LogP contribution in [0.1, 0.15) is 19.3 Å². The van der Waals surface area contributed by atoms with Crippen molar-refractivity contribution in [3.63, 3.8) is 0 Å². The third kappa shape index (κ3) is 6.81. The van der Waals surface area contributed by atoms with Gasteiger partial charge in [-0.15, -0.1) is 0 Å². The number of hydrogen-bond donors (Lipinski definition) is 3. The van der Waals surface area contributed by atoms with Crippen molar-refractivity contribution >= 4 is 17.9 Å². The predicted molar refractivity (Wildman–Crippen MR) is 88.1 cm³/mol. The van der Waals surface area contributed by atoms with Crippen molar-refractivity contribution in [3.8, 4) is 0 Å². The van der Waals surface area contributed by atoms with Gasteiger partial charge in [-0.2, -0.15) is 0 Å². The van der Waals surface area contributed by atoms with Gasteiger partial charge in [-0.3, -0.25) is 19.3 Å². The summed E-state index contributed by atoms with van der Waals surface area (Å²) in [5, 5.41) is 27.9. The Morgan fingerprint density at radius 1 is 0.833 bits per heavy atom. The van der Waals surface area contributed by atoms with Crippen LogP contribution in [0, 0.1) is 0 Å². The molecule has 0 saturated heterocycles. The Balaban J connectivity index is 5.87. The lowest BCUT2D eigenvalue weighted by atomic mass is 9.79. The Hall–Kier alpha value is -1.71. The highest BCUT2D eigenvalue weighted by molar-refractivity contribution is 5.74. The molecule has 0 radical (unpaired) electrons. The molecule has 9 heteroatoms. The maximum Gasteiger partial charge on any atom is 0.305 e. The van der Waals surface area contributed by atoms with Crippen molar-refractivity contribution in [1.29, 1.82) is 0 Å². The van der Waals surface area contributed by atoms with Gasteiger partial charge in [0.2, 0.25) is 0 Å². The molecule has 0 fully saturated rings. The van der Waals surface area contributed by atoms with Crippen molar-refractivity contribution in [2.45, 2.75) is 30.8 Å². The Morgan fingerprint density at radius 3 is 1.58 bits per heavy atom. The fourth-order valence-corrected chi connectivity index (χ4v) is 2.87. The van der Waals surface area contributed by atoms with Crippen molar-refractivity contribution in [3.05, 3.63) is 0 Å². The molecule has 0 rings (SSSR count). The van der Waals surface area contributed by atoms with Gasteiger partial charge < -0.3 is 25.1 Å². The summed E-state index contributed by atoms with van der Waals surface area (Å²) in [6.07, 6.45) is -1.27. The van der Waals surface area contributed by atoms with Crippen LogP contribution in [-0.4, -0.2) is 108 Å². The number of aliphatic carboxylic acids is 3. The maximum absolute atomic E-state index is 11.4. The molecule has 1 atom stereocenters. The molecule has 0 aromatic heterocycles. The van der Waals surface area contributed by atoms with E-state index in [9.17, 15) is 29.7 Å². The number of carboxylic acid groups (broad SMARTS) is 3. The smallest absolute Gasteiger partial charge is 0.305 e. The first-order valence-corrected chi connectivity index (χ1v) is 7.60. The van der Waals surface area contributed by atoms with E-state index in [-0.39, 0.29) is 6.42 Å². The van der Waals surface area contributed by atoms with Gasteiger partial charge in [-0.05, 0) is 35.2 Å². The number of hydrogen-bond acceptors (Lipinski definition) is 6. The van der Waals surface area contributed by atoms with E-state index in [2.05, 4.69) is 0 Å². The molecule has 0 heterocycles. The van der Waals surface area contributed by atoms with Crippen molar-refractivity contribution in [2.75, 3.05) is 48.3 Å². The third-order valence-corrected chi connectivity index (χ3v) is 4.23. The number of nitrogens with zero attached hydrogens (tertiary/aromatic N) is 3. The zero-order valence-electron chi connectivity index (χ0n) is 15.0. The molecule has 3 N–H and O–H groups in total. The lowest BCUT2D eigenvalue weighted by Gasteiger charge is -2.47. The minimum absolute atomic E-state index is 0.345. The third-order valence-electron chi connectivity index (χ3n) is 4.23. The van der Waals surface area contributed by atoms with Crippen LogP contribution in [0.2, 0.25) is 0 Å². The molecule has 140 valence electrons. The minimum atomic E-state index is -1.34. The Bertz CT molecular complexity index is 436. The number of carbonyl (C=O) groups is 3.